The maximum atomic E-state index is 12.1. The van der Waals surface area contributed by atoms with Crippen LogP contribution in [0.5, 0.6) is 0 Å². The van der Waals surface area contributed by atoms with E-state index >= 15 is 0 Å². The fourth-order valence-electron chi connectivity index (χ4n) is 2.02. The molecule has 1 amide bonds. The van der Waals surface area contributed by atoms with Crippen molar-refractivity contribution in [2.45, 2.75) is 13.3 Å². The van der Waals surface area contributed by atoms with E-state index in [1.807, 2.05) is 28.8 Å². The molecule has 0 saturated carbocycles. The molecule has 1 saturated heterocycles. The minimum absolute atomic E-state index is 0.146. The smallest absolute Gasteiger partial charge is 0.270 e. The van der Waals surface area contributed by atoms with E-state index in [1.165, 1.54) is 0 Å². The molecule has 15 heavy (non-hydrogen) atoms. The van der Waals surface area contributed by atoms with Crippen LogP contribution in [0.3, 0.4) is 0 Å². The number of hydrogen-bond donors (Lipinski definition) is 0. The van der Waals surface area contributed by atoms with Gasteiger partial charge in [-0.3, -0.25) is 4.79 Å². The Bertz CT molecular complexity index is 386. The molecule has 2 rings (SSSR count). The van der Waals surface area contributed by atoms with Gasteiger partial charge < -0.3 is 9.47 Å². The Morgan fingerprint density at radius 3 is 2.80 bits per heavy atom. The molecule has 0 spiro atoms. The molecule has 1 atom stereocenters. The first kappa shape index (κ1) is 10.7. The summed E-state index contributed by atoms with van der Waals surface area (Å²) in [5.74, 6) is 0.783. The summed E-state index contributed by atoms with van der Waals surface area (Å²) >= 11 is 3.38. The third-order valence-corrected chi connectivity index (χ3v) is 3.34. The van der Waals surface area contributed by atoms with Crippen molar-refractivity contribution < 1.29 is 4.79 Å². The summed E-state index contributed by atoms with van der Waals surface area (Å²) in [5.41, 5.74) is 0.760. The Morgan fingerprint density at radius 1 is 1.60 bits per heavy atom. The van der Waals surface area contributed by atoms with Crippen molar-refractivity contribution in [2.24, 2.45) is 13.0 Å². The number of rotatable bonds is 1. The normalized spacial score (nSPS) is 21.0. The predicted molar refractivity (Wildman–Crippen MR) is 62.8 cm³/mol. The number of carbonyl (C=O) groups is 1. The number of hydrogen-bond acceptors (Lipinski definition) is 1. The standard InChI is InChI=1S/C11H15BrN2O/c1-8-3-4-14(6-8)11(15)10-5-9(12)7-13(10)2/h5,7-8H,3-4,6H2,1-2H3. The van der Waals surface area contributed by atoms with E-state index in [0.717, 1.165) is 29.7 Å². The van der Waals surface area contributed by atoms with Gasteiger partial charge in [-0.2, -0.15) is 0 Å². The molecule has 1 aliphatic heterocycles. The van der Waals surface area contributed by atoms with Crippen LogP contribution in [0, 0.1) is 5.92 Å². The molecular weight excluding hydrogens is 256 g/mol. The van der Waals surface area contributed by atoms with Gasteiger partial charge in [-0.1, -0.05) is 6.92 Å². The molecule has 0 N–H and O–H groups in total. The predicted octanol–water partition coefficient (Wildman–Crippen LogP) is 2.27. The number of aromatic nitrogens is 1. The molecule has 0 aliphatic carbocycles. The molecule has 1 unspecified atom stereocenters. The maximum Gasteiger partial charge on any atom is 0.270 e. The van der Waals surface area contributed by atoms with Crippen LogP contribution in [-0.2, 0) is 7.05 Å². The number of halogens is 1. The van der Waals surface area contributed by atoms with Gasteiger partial charge in [-0.25, -0.2) is 0 Å². The largest absolute Gasteiger partial charge is 0.345 e. The molecule has 1 aliphatic rings. The van der Waals surface area contributed by atoms with Crippen LogP contribution in [0.25, 0.3) is 0 Å². The van der Waals surface area contributed by atoms with Gasteiger partial charge in [0.15, 0.2) is 0 Å². The van der Waals surface area contributed by atoms with Crippen LogP contribution in [0.15, 0.2) is 16.7 Å². The van der Waals surface area contributed by atoms with Crippen LogP contribution in [0.2, 0.25) is 0 Å². The molecule has 0 bridgehead atoms. The zero-order valence-corrected chi connectivity index (χ0v) is 10.6. The summed E-state index contributed by atoms with van der Waals surface area (Å²) < 4.78 is 2.83. The fraction of sp³-hybridized carbons (Fsp3) is 0.545. The lowest BCUT2D eigenvalue weighted by Crippen LogP contribution is -2.29. The molecule has 1 aromatic rings. The summed E-state index contributed by atoms with van der Waals surface area (Å²) in [6.07, 6.45) is 3.03. The van der Waals surface area contributed by atoms with Crippen LogP contribution in [0.4, 0.5) is 0 Å². The van der Waals surface area contributed by atoms with Gasteiger partial charge >= 0.3 is 0 Å². The second-order valence-electron chi connectivity index (χ2n) is 4.30. The lowest BCUT2D eigenvalue weighted by atomic mass is 10.2. The van der Waals surface area contributed by atoms with Gasteiger partial charge in [0, 0.05) is 30.8 Å². The lowest BCUT2D eigenvalue weighted by molar-refractivity contribution is 0.0778. The first-order valence-corrected chi connectivity index (χ1v) is 5.98. The van der Waals surface area contributed by atoms with Crippen molar-refractivity contribution in [3.63, 3.8) is 0 Å². The summed E-state index contributed by atoms with van der Waals surface area (Å²) in [7, 11) is 1.90. The molecule has 2 heterocycles. The highest BCUT2D eigenvalue weighted by Crippen LogP contribution is 2.20. The quantitative estimate of drug-likeness (QED) is 0.769. The van der Waals surface area contributed by atoms with Gasteiger partial charge in [-0.15, -0.1) is 0 Å². The molecule has 0 radical (unpaired) electrons. The monoisotopic (exact) mass is 270 g/mol. The van der Waals surface area contributed by atoms with Crippen molar-refractivity contribution >= 4 is 21.8 Å². The van der Waals surface area contributed by atoms with Crippen molar-refractivity contribution in [3.05, 3.63) is 22.4 Å². The van der Waals surface area contributed by atoms with Crippen molar-refractivity contribution in [3.8, 4) is 0 Å². The number of carbonyl (C=O) groups excluding carboxylic acids is 1. The summed E-state index contributed by atoms with van der Waals surface area (Å²) in [5, 5.41) is 0. The molecular formula is C11H15BrN2O. The molecule has 82 valence electrons. The van der Waals surface area contributed by atoms with Crippen LogP contribution >= 0.6 is 15.9 Å². The van der Waals surface area contributed by atoms with Crippen LogP contribution < -0.4 is 0 Å². The Hall–Kier alpha value is -0.770. The van der Waals surface area contributed by atoms with E-state index in [0.29, 0.717) is 5.92 Å². The average molecular weight is 271 g/mol. The second kappa shape index (κ2) is 4.00. The Labute approximate surface area is 98.2 Å². The van der Waals surface area contributed by atoms with Gasteiger partial charge in [0.05, 0.1) is 0 Å². The first-order valence-electron chi connectivity index (χ1n) is 5.19. The van der Waals surface area contributed by atoms with E-state index in [2.05, 4.69) is 22.9 Å². The number of aryl methyl sites for hydroxylation is 1. The number of amides is 1. The van der Waals surface area contributed by atoms with E-state index in [1.54, 1.807) is 0 Å². The lowest BCUT2D eigenvalue weighted by Gasteiger charge is -2.15. The van der Waals surface area contributed by atoms with Crippen molar-refractivity contribution in [1.29, 1.82) is 0 Å². The fourth-order valence-corrected chi connectivity index (χ4v) is 2.54. The van der Waals surface area contributed by atoms with Crippen LogP contribution in [0.1, 0.15) is 23.8 Å². The second-order valence-corrected chi connectivity index (χ2v) is 5.22. The third kappa shape index (κ3) is 2.09. The molecule has 4 heteroatoms. The summed E-state index contributed by atoms with van der Waals surface area (Å²) in [6, 6.07) is 1.88. The van der Waals surface area contributed by atoms with Crippen molar-refractivity contribution in [1.82, 2.24) is 9.47 Å². The van der Waals surface area contributed by atoms with Gasteiger partial charge in [0.25, 0.3) is 5.91 Å². The summed E-state index contributed by atoms with van der Waals surface area (Å²) in [6.45, 7) is 3.97. The highest BCUT2D eigenvalue weighted by Gasteiger charge is 2.25. The Morgan fingerprint density at radius 2 is 2.33 bits per heavy atom. The highest BCUT2D eigenvalue weighted by molar-refractivity contribution is 9.10. The molecule has 1 fully saturated rings. The number of nitrogens with zero attached hydrogens (tertiary/aromatic N) is 2. The van der Waals surface area contributed by atoms with E-state index < -0.39 is 0 Å². The van der Waals surface area contributed by atoms with E-state index in [4.69, 9.17) is 0 Å². The van der Waals surface area contributed by atoms with Gasteiger partial charge in [0.1, 0.15) is 5.69 Å². The van der Waals surface area contributed by atoms with Gasteiger partial charge in [0.2, 0.25) is 0 Å². The maximum absolute atomic E-state index is 12.1. The Balaban J connectivity index is 2.17. The minimum atomic E-state index is 0.146. The number of likely N-dealkylation sites (tertiary alicyclic amines) is 1. The molecule has 3 nitrogen and oxygen atoms in total. The zero-order valence-electron chi connectivity index (χ0n) is 9.03. The minimum Gasteiger partial charge on any atom is -0.345 e. The average Bonchev–Trinajstić information content (AvgIpc) is 2.71. The van der Waals surface area contributed by atoms with E-state index in [-0.39, 0.29) is 5.91 Å². The third-order valence-electron chi connectivity index (χ3n) is 2.90. The van der Waals surface area contributed by atoms with Crippen LogP contribution in [-0.4, -0.2) is 28.5 Å². The highest BCUT2D eigenvalue weighted by atomic mass is 79.9. The SMILES string of the molecule is CC1CCN(C(=O)c2cc(Br)cn2C)C1. The molecule has 0 aromatic carbocycles. The van der Waals surface area contributed by atoms with E-state index in [9.17, 15) is 4.79 Å². The Kier molecular flexibility index (Phi) is 2.87. The molecule has 1 aromatic heterocycles. The van der Waals surface area contributed by atoms with Gasteiger partial charge in [-0.05, 0) is 34.3 Å². The topological polar surface area (TPSA) is 25.2 Å². The zero-order chi connectivity index (χ0) is 11.0. The first-order chi connectivity index (χ1) is 7.08. The summed E-state index contributed by atoms with van der Waals surface area (Å²) in [4.78, 5) is 14.0. The van der Waals surface area contributed by atoms with Crippen molar-refractivity contribution in [2.75, 3.05) is 13.1 Å².